The van der Waals surface area contributed by atoms with Gasteiger partial charge >= 0.3 is 0 Å². The molecule has 0 atom stereocenters. The first kappa shape index (κ1) is 14.0. The summed E-state index contributed by atoms with van der Waals surface area (Å²) < 4.78 is 26.5. The van der Waals surface area contributed by atoms with E-state index in [1.807, 2.05) is 6.07 Å². The highest BCUT2D eigenvalue weighted by atomic mass is 32.2. The zero-order chi connectivity index (χ0) is 13.9. The van der Waals surface area contributed by atoms with E-state index in [1.165, 1.54) is 16.6 Å². The molecule has 1 fully saturated rings. The molecule has 0 N–H and O–H groups in total. The molecule has 1 aromatic heterocycles. The number of aromatic nitrogens is 1. The Kier molecular flexibility index (Phi) is 4.17. The average Bonchev–Trinajstić information content (AvgIpc) is 2.47. The van der Waals surface area contributed by atoms with Crippen molar-refractivity contribution in [2.24, 2.45) is 5.92 Å². The third-order valence-corrected chi connectivity index (χ3v) is 5.58. The quantitative estimate of drug-likeness (QED) is 0.845. The van der Waals surface area contributed by atoms with E-state index in [4.69, 9.17) is 5.26 Å². The zero-order valence-electron chi connectivity index (χ0n) is 10.9. The van der Waals surface area contributed by atoms with Crippen LogP contribution in [0.3, 0.4) is 0 Å². The van der Waals surface area contributed by atoms with Crippen molar-refractivity contribution in [3.63, 3.8) is 0 Å². The van der Waals surface area contributed by atoms with Crippen LogP contribution in [0, 0.1) is 17.2 Å². The van der Waals surface area contributed by atoms with Gasteiger partial charge in [0.1, 0.15) is 11.0 Å². The second-order valence-electron chi connectivity index (χ2n) is 4.72. The second-order valence-corrected chi connectivity index (χ2v) is 6.62. The van der Waals surface area contributed by atoms with Crippen LogP contribution in [-0.4, -0.2) is 30.8 Å². The summed E-state index contributed by atoms with van der Waals surface area (Å²) in [5.41, 5.74) is -0.0277. The van der Waals surface area contributed by atoms with Gasteiger partial charge in [-0.15, -0.1) is 0 Å². The van der Waals surface area contributed by atoms with Gasteiger partial charge in [-0.05, 0) is 30.9 Å². The second kappa shape index (κ2) is 5.68. The van der Waals surface area contributed by atoms with Crippen LogP contribution in [0.4, 0.5) is 0 Å². The minimum Gasteiger partial charge on any atom is -0.244 e. The monoisotopic (exact) mass is 279 g/mol. The molecule has 5 nitrogen and oxygen atoms in total. The van der Waals surface area contributed by atoms with Gasteiger partial charge in [0, 0.05) is 19.3 Å². The Hall–Kier alpha value is -1.45. The van der Waals surface area contributed by atoms with Crippen LogP contribution in [0.1, 0.15) is 31.9 Å². The first-order chi connectivity index (χ1) is 9.09. The Labute approximate surface area is 113 Å². The molecule has 0 aromatic carbocycles. The lowest BCUT2D eigenvalue weighted by Crippen LogP contribution is -2.38. The van der Waals surface area contributed by atoms with Crippen LogP contribution in [0.15, 0.2) is 23.2 Å². The van der Waals surface area contributed by atoms with Crippen LogP contribution in [0.25, 0.3) is 0 Å². The summed E-state index contributed by atoms with van der Waals surface area (Å²) in [7, 11) is -3.59. The van der Waals surface area contributed by atoms with E-state index in [0.29, 0.717) is 19.0 Å². The molecule has 0 spiro atoms. The fourth-order valence-electron chi connectivity index (χ4n) is 2.38. The molecule has 6 heteroatoms. The van der Waals surface area contributed by atoms with Crippen LogP contribution < -0.4 is 0 Å². The summed E-state index contributed by atoms with van der Waals surface area (Å²) in [5, 5.41) is 8.96. The Morgan fingerprint density at radius 3 is 2.74 bits per heavy atom. The summed E-state index contributed by atoms with van der Waals surface area (Å²) in [6.45, 7) is 3.19. The SMILES string of the molecule is CCC1CCN(S(=O)(=O)c2cccnc2C#N)CC1. The maximum atomic E-state index is 12.5. The lowest BCUT2D eigenvalue weighted by molar-refractivity contribution is 0.269. The van der Waals surface area contributed by atoms with Gasteiger partial charge in [-0.3, -0.25) is 0 Å². The van der Waals surface area contributed by atoms with Gasteiger partial charge in [0.2, 0.25) is 10.0 Å². The van der Waals surface area contributed by atoms with Gasteiger partial charge in [-0.1, -0.05) is 13.3 Å². The molecular formula is C13H17N3O2S. The maximum absolute atomic E-state index is 12.5. The van der Waals surface area contributed by atoms with Crippen molar-refractivity contribution >= 4 is 10.0 Å². The van der Waals surface area contributed by atoms with Gasteiger partial charge in [0.15, 0.2) is 5.69 Å². The number of piperidine rings is 1. The largest absolute Gasteiger partial charge is 0.245 e. The topological polar surface area (TPSA) is 74.1 Å². The van der Waals surface area contributed by atoms with E-state index in [9.17, 15) is 8.42 Å². The molecular weight excluding hydrogens is 262 g/mol. The minimum atomic E-state index is -3.59. The highest BCUT2D eigenvalue weighted by molar-refractivity contribution is 7.89. The minimum absolute atomic E-state index is 0.0208. The van der Waals surface area contributed by atoms with Crippen molar-refractivity contribution in [3.8, 4) is 6.07 Å². The highest BCUT2D eigenvalue weighted by Gasteiger charge is 2.30. The molecule has 0 bridgehead atoms. The van der Waals surface area contributed by atoms with E-state index in [-0.39, 0.29) is 10.6 Å². The molecule has 2 rings (SSSR count). The third-order valence-electron chi connectivity index (χ3n) is 3.65. The van der Waals surface area contributed by atoms with Crippen molar-refractivity contribution in [1.82, 2.24) is 9.29 Å². The maximum Gasteiger partial charge on any atom is 0.245 e. The number of nitrogens with zero attached hydrogens (tertiary/aromatic N) is 3. The molecule has 0 amide bonds. The van der Waals surface area contributed by atoms with Crippen molar-refractivity contribution in [2.45, 2.75) is 31.1 Å². The Balaban J connectivity index is 2.27. The van der Waals surface area contributed by atoms with E-state index in [2.05, 4.69) is 11.9 Å². The Bertz CT molecular complexity index is 584. The normalized spacial score (nSPS) is 18.1. The summed E-state index contributed by atoms with van der Waals surface area (Å²) in [4.78, 5) is 3.84. The summed E-state index contributed by atoms with van der Waals surface area (Å²) >= 11 is 0. The molecule has 0 saturated carbocycles. The fraction of sp³-hybridized carbons (Fsp3) is 0.538. The standard InChI is InChI=1S/C13H17N3O2S/c1-2-11-5-8-16(9-6-11)19(17,18)13-4-3-7-15-12(13)10-14/h3-4,7,11H,2,5-6,8-9H2,1H3. The molecule has 19 heavy (non-hydrogen) atoms. The van der Waals surface area contributed by atoms with Crippen LogP contribution in [0.2, 0.25) is 0 Å². The van der Waals surface area contributed by atoms with E-state index >= 15 is 0 Å². The predicted octanol–water partition coefficient (Wildman–Crippen LogP) is 1.76. The van der Waals surface area contributed by atoms with E-state index in [1.54, 1.807) is 6.07 Å². The number of pyridine rings is 1. The van der Waals surface area contributed by atoms with Crippen molar-refractivity contribution < 1.29 is 8.42 Å². The summed E-state index contributed by atoms with van der Waals surface area (Å²) in [5.74, 6) is 0.607. The molecule has 1 aliphatic heterocycles. The third kappa shape index (κ3) is 2.77. The molecule has 1 saturated heterocycles. The molecule has 102 valence electrons. The lowest BCUT2D eigenvalue weighted by Gasteiger charge is -2.30. The first-order valence-electron chi connectivity index (χ1n) is 6.45. The fourth-order valence-corrected chi connectivity index (χ4v) is 3.94. The van der Waals surface area contributed by atoms with Crippen LogP contribution >= 0.6 is 0 Å². The van der Waals surface area contributed by atoms with Gasteiger partial charge in [-0.25, -0.2) is 13.4 Å². The van der Waals surface area contributed by atoms with Crippen molar-refractivity contribution in [3.05, 3.63) is 24.0 Å². The van der Waals surface area contributed by atoms with Gasteiger partial charge in [0.05, 0.1) is 0 Å². The van der Waals surface area contributed by atoms with Crippen LogP contribution in [0.5, 0.6) is 0 Å². The van der Waals surface area contributed by atoms with E-state index < -0.39 is 10.0 Å². The number of hydrogen-bond donors (Lipinski definition) is 0. The number of nitriles is 1. The number of hydrogen-bond acceptors (Lipinski definition) is 4. The average molecular weight is 279 g/mol. The number of sulfonamides is 1. The highest BCUT2D eigenvalue weighted by Crippen LogP contribution is 2.26. The van der Waals surface area contributed by atoms with Crippen molar-refractivity contribution in [1.29, 1.82) is 5.26 Å². The van der Waals surface area contributed by atoms with Crippen LogP contribution in [-0.2, 0) is 10.0 Å². The molecule has 0 unspecified atom stereocenters. The predicted molar refractivity (Wildman–Crippen MR) is 70.7 cm³/mol. The zero-order valence-corrected chi connectivity index (χ0v) is 11.7. The lowest BCUT2D eigenvalue weighted by atomic mass is 9.96. The Morgan fingerprint density at radius 1 is 1.47 bits per heavy atom. The number of rotatable bonds is 3. The van der Waals surface area contributed by atoms with Gasteiger partial charge in [0.25, 0.3) is 0 Å². The first-order valence-corrected chi connectivity index (χ1v) is 7.89. The smallest absolute Gasteiger partial charge is 0.244 e. The van der Waals surface area contributed by atoms with Gasteiger partial charge < -0.3 is 0 Å². The molecule has 1 aliphatic rings. The van der Waals surface area contributed by atoms with Gasteiger partial charge in [-0.2, -0.15) is 9.57 Å². The molecule has 0 aliphatic carbocycles. The van der Waals surface area contributed by atoms with E-state index in [0.717, 1.165) is 19.3 Å². The Morgan fingerprint density at radius 2 is 2.16 bits per heavy atom. The molecule has 2 heterocycles. The van der Waals surface area contributed by atoms with Crippen molar-refractivity contribution in [2.75, 3.05) is 13.1 Å². The molecule has 1 aromatic rings. The summed E-state index contributed by atoms with van der Waals surface area (Å²) in [6, 6.07) is 4.84. The summed E-state index contributed by atoms with van der Waals surface area (Å²) in [6.07, 6.45) is 4.29. The molecule has 0 radical (unpaired) electrons.